The molecule has 1 aliphatic heterocycles. The number of aliphatic hydroxyl groups excluding tert-OH is 1. The predicted molar refractivity (Wildman–Crippen MR) is 139 cm³/mol. The van der Waals surface area contributed by atoms with Gasteiger partial charge in [0.15, 0.2) is 0 Å². The number of methoxy groups -OCH3 is 1. The molecule has 0 amide bonds. The number of aliphatic carboxylic acids is 1. The highest BCUT2D eigenvalue weighted by Gasteiger charge is 2.37. The number of rotatable bonds is 8. The molecule has 3 aromatic rings. The number of likely N-dealkylation sites (tertiary alicyclic amines) is 1. The largest absolute Gasteiger partial charge is 0.497 e. The molecule has 6 nitrogen and oxygen atoms in total. The normalized spacial score (nSPS) is 16.4. The Balaban J connectivity index is 1.44. The van der Waals surface area contributed by atoms with Gasteiger partial charge in [-0.2, -0.15) is 0 Å². The second kappa shape index (κ2) is 11.4. The van der Waals surface area contributed by atoms with Crippen LogP contribution < -0.4 is 4.74 Å². The minimum atomic E-state index is -0.833. The van der Waals surface area contributed by atoms with E-state index in [1.807, 2.05) is 35.7 Å². The molecule has 0 radical (unpaired) electrons. The van der Waals surface area contributed by atoms with Gasteiger partial charge in [0.25, 0.3) is 0 Å². The maximum atomic E-state index is 11.7. The first kappa shape index (κ1) is 25.5. The molecule has 0 bridgehead atoms. The third-order valence-corrected chi connectivity index (χ3v) is 7.91. The summed E-state index contributed by atoms with van der Waals surface area (Å²) >= 11 is 8.09. The van der Waals surface area contributed by atoms with E-state index in [4.69, 9.17) is 16.3 Å². The number of hydrogen-bond donors (Lipinski definition) is 2. The lowest BCUT2D eigenvalue weighted by Crippen LogP contribution is -2.41. The van der Waals surface area contributed by atoms with Gasteiger partial charge in [0, 0.05) is 17.1 Å². The summed E-state index contributed by atoms with van der Waals surface area (Å²) in [5.74, 6) is 6.27. The average molecular weight is 513 g/mol. The number of aromatic nitrogens is 1. The van der Waals surface area contributed by atoms with Crippen LogP contribution in [0.2, 0.25) is 5.02 Å². The van der Waals surface area contributed by atoms with Crippen LogP contribution in [-0.4, -0.2) is 52.8 Å². The van der Waals surface area contributed by atoms with Crippen molar-refractivity contribution in [3.8, 4) is 17.6 Å². The molecule has 1 saturated heterocycles. The van der Waals surface area contributed by atoms with E-state index in [1.165, 1.54) is 0 Å². The first-order valence-electron chi connectivity index (χ1n) is 11.7. The number of halogens is 1. The molecule has 184 valence electrons. The smallest absolute Gasteiger partial charge is 0.303 e. The molecule has 1 aliphatic rings. The molecule has 2 N–H and O–H groups in total. The van der Waals surface area contributed by atoms with Crippen LogP contribution in [0.1, 0.15) is 48.6 Å². The Morgan fingerprint density at radius 2 is 2.14 bits per heavy atom. The first-order valence-corrected chi connectivity index (χ1v) is 12.9. The molecule has 2 aromatic heterocycles. The fourth-order valence-electron chi connectivity index (χ4n) is 4.83. The van der Waals surface area contributed by atoms with Crippen LogP contribution >= 0.6 is 22.9 Å². The molecule has 0 unspecified atom stereocenters. The Morgan fingerprint density at radius 3 is 2.83 bits per heavy atom. The number of carboxylic acids is 1. The number of thiophene rings is 1. The number of nitrogens with zero attached hydrogens (tertiary/aromatic N) is 2. The molecule has 1 fully saturated rings. The van der Waals surface area contributed by atoms with E-state index in [2.05, 4.69) is 21.7 Å². The molecular formula is C27H29ClN2O4S. The van der Waals surface area contributed by atoms with Gasteiger partial charge in [-0.05, 0) is 73.8 Å². The van der Waals surface area contributed by atoms with Crippen LogP contribution in [0.15, 0.2) is 41.9 Å². The van der Waals surface area contributed by atoms with Crippen molar-refractivity contribution < 1.29 is 19.7 Å². The number of piperidine rings is 1. The van der Waals surface area contributed by atoms with Gasteiger partial charge in [-0.15, -0.1) is 11.3 Å². The molecule has 8 heteroatoms. The Hall–Kier alpha value is -2.63. The van der Waals surface area contributed by atoms with E-state index in [9.17, 15) is 15.0 Å². The molecule has 3 heterocycles. The van der Waals surface area contributed by atoms with Gasteiger partial charge in [0.05, 0.1) is 41.6 Å². The maximum absolute atomic E-state index is 11.7. The van der Waals surface area contributed by atoms with Crippen LogP contribution in [0, 0.1) is 17.3 Å². The van der Waals surface area contributed by atoms with Crippen LogP contribution in [0.5, 0.6) is 5.75 Å². The number of benzene rings is 1. The van der Waals surface area contributed by atoms with Crippen molar-refractivity contribution in [1.82, 2.24) is 9.88 Å². The van der Waals surface area contributed by atoms with Gasteiger partial charge < -0.3 is 14.9 Å². The maximum Gasteiger partial charge on any atom is 0.303 e. The molecule has 0 aliphatic carbocycles. The Morgan fingerprint density at radius 1 is 1.34 bits per heavy atom. The van der Waals surface area contributed by atoms with Crippen LogP contribution in [0.25, 0.3) is 10.9 Å². The second-order valence-corrected chi connectivity index (χ2v) is 10.4. The van der Waals surface area contributed by atoms with Crippen molar-refractivity contribution in [2.75, 3.05) is 26.7 Å². The minimum Gasteiger partial charge on any atom is -0.497 e. The lowest BCUT2D eigenvalue weighted by Gasteiger charge is -2.41. The highest BCUT2D eigenvalue weighted by Crippen LogP contribution is 2.43. The van der Waals surface area contributed by atoms with E-state index in [-0.39, 0.29) is 11.8 Å². The predicted octanol–water partition coefficient (Wildman–Crippen LogP) is 5.38. The zero-order valence-electron chi connectivity index (χ0n) is 19.7. The quantitative estimate of drug-likeness (QED) is 0.394. The molecular weight excluding hydrogens is 484 g/mol. The summed E-state index contributed by atoms with van der Waals surface area (Å²) in [6.07, 6.45) is 3.34. The van der Waals surface area contributed by atoms with E-state index in [0.29, 0.717) is 35.7 Å². The minimum absolute atomic E-state index is 0.0904. The summed E-state index contributed by atoms with van der Waals surface area (Å²) < 4.78 is 5.34. The van der Waals surface area contributed by atoms with Crippen molar-refractivity contribution in [1.29, 1.82) is 0 Å². The highest BCUT2D eigenvalue weighted by molar-refractivity contribution is 7.10. The van der Waals surface area contributed by atoms with Gasteiger partial charge >= 0.3 is 5.97 Å². The number of aliphatic hydroxyl groups is 1. The summed E-state index contributed by atoms with van der Waals surface area (Å²) in [7, 11) is 1.59. The molecule has 0 saturated carbocycles. The zero-order chi connectivity index (χ0) is 24.8. The average Bonchev–Trinajstić information content (AvgIpc) is 3.36. The number of pyridine rings is 1. The SMILES string of the molecule is COc1ccc2ncc(Cl)c([C@@H](O)CCC3(CC(=O)O)CCN(CC#Cc4cccs4)CC3)c2c1. The number of carboxylic acid groups (broad SMARTS) is 1. The summed E-state index contributed by atoms with van der Waals surface area (Å²) in [6, 6.07) is 9.48. The topological polar surface area (TPSA) is 82.9 Å². The molecule has 0 spiro atoms. The van der Waals surface area contributed by atoms with Gasteiger partial charge in [-0.25, -0.2) is 0 Å². The molecule has 4 rings (SSSR count). The Bertz CT molecular complexity index is 1230. The number of carbonyl (C=O) groups is 1. The van der Waals surface area contributed by atoms with E-state index < -0.39 is 12.1 Å². The van der Waals surface area contributed by atoms with E-state index in [1.54, 1.807) is 24.6 Å². The fourth-order valence-corrected chi connectivity index (χ4v) is 5.70. The third-order valence-electron chi connectivity index (χ3n) is 6.83. The summed E-state index contributed by atoms with van der Waals surface area (Å²) in [5.41, 5.74) is 0.973. The number of ether oxygens (including phenoxy) is 1. The van der Waals surface area contributed by atoms with Gasteiger partial charge in [-0.1, -0.05) is 29.5 Å². The first-order chi connectivity index (χ1) is 16.9. The lowest BCUT2D eigenvalue weighted by molar-refractivity contribution is -0.141. The van der Waals surface area contributed by atoms with Crippen molar-refractivity contribution >= 4 is 39.8 Å². The van der Waals surface area contributed by atoms with Crippen LogP contribution in [0.4, 0.5) is 0 Å². The summed E-state index contributed by atoms with van der Waals surface area (Å²) in [5, 5.41) is 24.0. The van der Waals surface area contributed by atoms with Crippen molar-refractivity contribution in [2.24, 2.45) is 5.41 Å². The van der Waals surface area contributed by atoms with Crippen molar-refractivity contribution in [3.63, 3.8) is 0 Å². The highest BCUT2D eigenvalue weighted by atomic mass is 35.5. The van der Waals surface area contributed by atoms with Gasteiger partial charge in [-0.3, -0.25) is 14.7 Å². The van der Waals surface area contributed by atoms with E-state index >= 15 is 0 Å². The number of hydrogen-bond acceptors (Lipinski definition) is 6. The number of fused-ring (bicyclic) bond motifs is 1. The fraction of sp³-hybridized carbons (Fsp3) is 0.407. The van der Waals surface area contributed by atoms with Crippen molar-refractivity contribution in [3.05, 3.63) is 57.4 Å². The molecule has 1 atom stereocenters. The van der Waals surface area contributed by atoms with E-state index in [0.717, 1.165) is 41.7 Å². The standard InChI is InChI=1S/C27H29ClN2O4S/c1-34-19-6-7-23-21(16-19)26(22(28)18-29-23)24(31)8-9-27(17-25(32)33)10-13-30(14-11-27)12-2-4-20-5-3-15-35-20/h3,5-7,15-16,18,24,31H,8-14,17H2,1H3,(H,32,33)/t24-/m0/s1. The van der Waals surface area contributed by atoms with Gasteiger partial charge in [0.2, 0.25) is 0 Å². The Kier molecular flexibility index (Phi) is 8.30. The van der Waals surface area contributed by atoms with Crippen LogP contribution in [0.3, 0.4) is 0 Å². The van der Waals surface area contributed by atoms with Gasteiger partial charge in [0.1, 0.15) is 5.75 Å². The molecule has 1 aromatic carbocycles. The zero-order valence-corrected chi connectivity index (χ0v) is 21.2. The Labute approximate surface area is 214 Å². The van der Waals surface area contributed by atoms with Crippen molar-refractivity contribution in [2.45, 2.75) is 38.2 Å². The monoisotopic (exact) mass is 512 g/mol. The molecule has 35 heavy (non-hydrogen) atoms. The van der Waals surface area contributed by atoms with Crippen LogP contribution in [-0.2, 0) is 4.79 Å². The lowest BCUT2D eigenvalue weighted by atomic mass is 9.71. The summed E-state index contributed by atoms with van der Waals surface area (Å²) in [6.45, 7) is 2.25. The summed E-state index contributed by atoms with van der Waals surface area (Å²) in [4.78, 5) is 19.4. The second-order valence-electron chi connectivity index (χ2n) is 9.08. The third kappa shape index (κ3) is 6.33.